The first kappa shape index (κ1) is 23.0. The molecule has 0 radical (unpaired) electrons. The molecule has 0 bridgehead atoms. The van der Waals surface area contributed by atoms with Gasteiger partial charge in [-0.05, 0) is 91.3 Å². The van der Waals surface area contributed by atoms with Crippen LogP contribution in [0.5, 0.6) is 17.2 Å². The molecule has 1 aliphatic carbocycles. The van der Waals surface area contributed by atoms with Gasteiger partial charge in [0.1, 0.15) is 29.5 Å². The second-order valence-corrected chi connectivity index (χ2v) is 9.30. The number of rotatable bonds is 7. The maximum absolute atomic E-state index is 9.17. The highest BCUT2D eigenvalue weighted by atomic mass is 16.7. The van der Waals surface area contributed by atoms with E-state index in [-0.39, 0.29) is 12.4 Å². The third kappa shape index (κ3) is 4.26. The smallest absolute Gasteiger partial charge is 0.188 e. The van der Waals surface area contributed by atoms with Crippen molar-refractivity contribution >= 4 is 5.57 Å². The van der Waals surface area contributed by atoms with Crippen LogP contribution in [-0.2, 0) is 11.3 Å². The first-order valence-corrected chi connectivity index (χ1v) is 11.8. The summed E-state index contributed by atoms with van der Waals surface area (Å²) in [6, 6.07) is 18.5. The molecule has 0 atom stereocenters. The number of ether oxygens (including phenoxy) is 4. The molecule has 5 rings (SSSR count). The summed E-state index contributed by atoms with van der Waals surface area (Å²) in [5, 5.41) is 9.17. The minimum Gasteiger partial charge on any atom is -0.489 e. The van der Waals surface area contributed by atoms with Crippen LogP contribution in [0.25, 0.3) is 16.7 Å². The topological polar surface area (TPSA) is 60.7 Å². The molecule has 2 aliphatic rings. The first-order valence-electron chi connectivity index (χ1n) is 11.8. The van der Waals surface area contributed by atoms with E-state index >= 15 is 0 Å². The predicted molar refractivity (Wildman–Crippen MR) is 136 cm³/mol. The zero-order chi connectivity index (χ0) is 24.6. The molecule has 1 heterocycles. The predicted octanol–water partition coefficient (Wildman–Crippen LogP) is 6.67. The number of methoxy groups -OCH3 is 1. The van der Waals surface area contributed by atoms with Crippen molar-refractivity contribution in [3.63, 3.8) is 0 Å². The Kier molecular flexibility index (Phi) is 6.00. The van der Waals surface area contributed by atoms with Crippen LogP contribution in [0.15, 0.2) is 54.6 Å². The number of benzene rings is 3. The molecular weight excluding hydrogens is 438 g/mol. The van der Waals surface area contributed by atoms with Crippen LogP contribution in [0.2, 0.25) is 0 Å². The van der Waals surface area contributed by atoms with E-state index in [1.54, 1.807) is 13.2 Å². The Morgan fingerprint density at radius 1 is 0.971 bits per heavy atom. The quantitative estimate of drug-likeness (QED) is 0.287. The normalized spacial score (nSPS) is 16.0. The lowest BCUT2D eigenvalue weighted by molar-refractivity contribution is 0.0511. The molecule has 0 unspecified atom stereocenters. The van der Waals surface area contributed by atoms with Crippen LogP contribution in [0.4, 0.5) is 0 Å². The second-order valence-electron chi connectivity index (χ2n) is 9.30. The minimum atomic E-state index is -0.290. The van der Waals surface area contributed by atoms with Crippen LogP contribution in [0, 0.1) is 32.1 Å². The fourth-order valence-electron chi connectivity index (χ4n) is 5.00. The van der Waals surface area contributed by atoms with Gasteiger partial charge in [0.25, 0.3) is 0 Å². The number of nitriles is 1. The molecular formula is C30H29NO4. The summed E-state index contributed by atoms with van der Waals surface area (Å²) in [4.78, 5) is 0. The Morgan fingerprint density at radius 2 is 1.74 bits per heavy atom. The van der Waals surface area contributed by atoms with Gasteiger partial charge in [-0.2, -0.15) is 5.26 Å². The van der Waals surface area contributed by atoms with Crippen molar-refractivity contribution in [3.05, 3.63) is 82.4 Å². The first-order chi connectivity index (χ1) is 17.0. The Balaban J connectivity index is 1.37. The number of allylic oxidation sites excluding steroid dienone is 1. The van der Waals surface area contributed by atoms with Gasteiger partial charge in [-0.25, -0.2) is 0 Å². The molecule has 1 saturated carbocycles. The van der Waals surface area contributed by atoms with Gasteiger partial charge < -0.3 is 18.9 Å². The highest BCUT2D eigenvalue weighted by Gasteiger charge is 2.54. The maximum atomic E-state index is 9.17. The van der Waals surface area contributed by atoms with Crippen LogP contribution < -0.4 is 14.2 Å². The van der Waals surface area contributed by atoms with Crippen LogP contribution in [0.1, 0.15) is 40.7 Å². The van der Waals surface area contributed by atoms with E-state index in [1.807, 2.05) is 18.2 Å². The molecule has 3 aromatic carbocycles. The van der Waals surface area contributed by atoms with Crippen molar-refractivity contribution in [1.29, 1.82) is 5.26 Å². The molecule has 0 amide bonds. The van der Waals surface area contributed by atoms with Crippen LogP contribution >= 0.6 is 0 Å². The summed E-state index contributed by atoms with van der Waals surface area (Å²) in [6.45, 7) is 7.05. The van der Waals surface area contributed by atoms with Crippen molar-refractivity contribution in [3.8, 4) is 34.4 Å². The van der Waals surface area contributed by atoms with Crippen molar-refractivity contribution in [2.45, 2.75) is 45.8 Å². The van der Waals surface area contributed by atoms with Crippen LogP contribution in [-0.4, -0.2) is 19.5 Å². The summed E-state index contributed by atoms with van der Waals surface area (Å²) in [5.41, 5.74) is 8.75. The molecule has 0 N–H and O–H groups in total. The van der Waals surface area contributed by atoms with E-state index in [2.05, 4.69) is 57.2 Å². The SMILES string of the molecule is COCOc1cc(C)c(-c2cccc(COc3ccc4c(c3)OC3(CC3)C4=CC#N)c2C)c(C)c1. The average molecular weight is 468 g/mol. The summed E-state index contributed by atoms with van der Waals surface area (Å²) in [5.74, 6) is 2.37. The van der Waals surface area contributed by atoms with E-state index in [4.69, 9.17) is 18.9 Å². The van der Waals surface area contributed by atoms with E-state index in [0.717, 1.165) is 57.9 Å². The van der Waals surface area contributed by atoms with E-state index in [9.17, 15) is 5.26 Å². The van der Waals surface area contributed by atoms with Gasteiger partial charge in [0, 0.05) is 30.4 Å². The van der Waals surface area contributed by atoms with Gasteiger partial charge in [0.15, 0.2) is 6.79 Å². The van der Waals surface area contributed by atoms with Gasteiger partial charge in [-0.3, -0.25) is 0 Å². The Labute approximate surface area is 206 Å². The zero-order valence-electron chi connectivity index (χ0n) is 20.6. The molecule has 0 saturated heterocycles. The maximum Gasteiger partial charge on any atom is 0.188 e. The summed E-state index contributed by atoms with van der Waals surface area (Å²) in [6.07, 6.45) is 3.53. The van der Waals surface area contributed by atoms with E-state index in [0.29, 0.717) is 6.61 Å². The van der Waals surface area contributed by atoms with Crippen molar-refractivity contribution in [2.75, 3.05) is 13.9 Å². The monoisotopic (exact) mass is 467 g/mol. The average Bonchev–Trinajstić information content (AvgIpc) is 3.54. The lowest BCUT2D eigenvalue weighted by Crippen LogP contribution is -2.12. The lowest BCUT2D eigenvalue weighted by Gasteiger charge is -2.18. The third-order valence-corrected chi connectivity index (χ3v) is 6.91. The fraction of sp³-hybridized carbons (Fsp3) is 0.300. The Bertz CT molecular complexity index is 1340. The van der Waals surface area contributed by atoms with E-state index in [1.165, 1.54) is 16.7 Å². The van der Waals surface area contributed by atoms with Gasteiger partial charge >= 0.3 is 0 Å². The number of hydrogen-bond donors (Lipinski definition) is 0. The van der Waals surface area contributed by atoms with Crippen molar-refractivity contribution in [2.24, 2.45) is 0 Å². The van der Waals surface area contributed by atoms with Crippen LogP contribution in [0.3, 0.4) is 0 Å². The molecule has 178 valence electrons. The zero-order valence-corrected chi connectivity index (χ0v) is 20.6. The van der Waals surface area contributed by atoms with Gasteiger partial charge in [-0.15, -0.1) is 0 Å². The standard InChI is InChI=1S/C30H29NO4/c1-19-14-24(34-18-32-4)15-20(2)29(19)25-7-5-6-22(21(25)3)17-33-23-8-9-26-27(10-13-31)30(11-12-30)35-28(26)16-23/h5-10,14-16H,11-12,17-18H2,1-4H3. The van der Waals surface area contributed by atoms with E-state index < -0.39 is 0 Å². The number of fused-ring (bicyclic) bond motifs is 1. The fourth-order valence-corrected chi connectivity index (χ4v) is 5.00. The second kappa shape index (κ2) is 9.13. The third-order valence-electron chi connectivity index (χ3n) is 6.91. The molecule has 35 heavy (non-hydrogen) atoms. The number of nitrogens with zero attached hydrogens (tertiary/aromatic N) is 1. The molecule has 1 fully saturated rings. The van der Waals surface area contributed by atoms with Gasteiger partial charge in [0.2, 0.25) is 0 Å². The minimum absolute atomic E-state index is 0.231. The summed E-state index contributed by atoms with van der Waals surface area (Å²) in [7, 11) is 1.62. The van der Waals surface area contributed by atoms with Crippen molar-refractivity contribution in [1.82, 2.24) is 0 Å². The number of hydrogen-bond acceptors (Lipinski definition) is 5. The Hall–Kier alpha value is -3.75. The number of aryl methyl sites for hydroxylation is 2. The molecule has 0 aromatic heterocycles. The van der Waals surface area contributed by atoms with Gasteiger partial charge in [-0.1, -0.05) is 18.2 Å². The molecule has 5 heteroatoms. The largest absolute Gasteiger partial charge is 0.489 e. The highest BCUT2D eigenvalue weighted by molar-refractivity contribution is 5.84. The Morgan fingerprint density at radius 3 is 2.43 bits per heavy atom. The highest BCUT2D eigenvalue weighted by Crippen LogP contribution is 2.57. The summed E-state index contributed by atoms with van der Waals surface area (Å²) >= 11 is 0. The van der Waals surface area contributed by atoms with Crippen molar-refractivity contribution < 1.29 is 18.9 Å². The molecule has 1 spiro atoms. The lowest BCUT2D eigenvalue weighted by atomic mass is 9.90. The molecule has 3 aromatic rings. The summed E-state index contributed by atoms with van der Waals surface area (Å²) < 4.78 is 23.1. The molecule has 1 aliphatic heterocycles. The van der Waals surface area contributed by atoms with Gasteiger partial charge in [0.05, 0.1) is 6.07 Å². The molecule has 5 nitrogen and oxygen atoms in total.